The molecule has 2 N–H and O–H groups in total. The predicted molar refractivity (Wildman–Crippen MR) is 158 cm³/mol. The Hall–Kier alpha value is -2.16. The van der Waals surface area contributed by atoms with Gasteiger partial charge in [0.25, 0.3) is 0 Å². The van der Waals surface area contributed by atoms with E-state index in [0.29, 0.717) is 0 Å². The van der Waals surface area contributed by atoms with E-state index in [2.05, 4.69) is 93.1 Å². The van der Waals surface area contributed by atoms with Crippen LogP contribution in [0.1, 0.15) is 81.0 Å². The van der Waals surface area contributed by atoms with Crippen molar-refractivity contribution in [3.05, 3.63) is 90.0 Å². The Balaban J connectivity index is 0.000000327. The molecule has 0 bridgehead atoms. The molecular weight excluding hydrogens is 424 g/mol. The van der Waals surface area contributed by atoms with Crippen molar-refractivity contribution in [2.24, 2.45) is 11.7 Å². The number of benzene rings is 2. The van der Waals surface area contributed by atoms with Crippen molar-refractivity contribution in [1.82, 2.24) is 4.90 Å². The molecule has 1 aliphatic rings. The van der Waals surface area contributed by atoms with Crippen LogP contribution in [-0.4, -0.2) is 31.6 Å². The first-order valence-electron chi connectivity index (χ1n) is 13.8. The van der Waals surface area contributed by atoms with E-state index in [1.165, 1.54) is 93.0 Å². The summed E-state index contributed by atoms with van der Waals surface area (Å²) in [6.45, 7) is 18.5. The van der Waals surface area contributed by atoms with Crippen molar-refractivity contribution in [3.63, 3.8) is 0 Å². The van der Waals surface area contributed by atoms with Crippen LogP contribution in [0, 0.1) is 12.8 Å². The molecule has 2 heteroatoms. The van der Waals surface area contributed by atoms with Gasteiger partial charge in [-0.15, -0.1) is 6.58 Å². The molecule has 1 heterocycles. The van der Waals surface area contributed by atoms with Crippen LogP contribution in [0.4, 0.5) is 0 Å². The standard InChI is InChI=1S/C17H24.C15H23N.CH5N/c1-4-6-7-8-9-10-15(3)17-13-11-16(5-2)12-14-17;1-13-5-7-15(8-6-13)11-14(2)12-16-9-3-4-10-16;1-2/h4,11-14H,1,3,5-10H2,2H3;5-8,14H,3-4,9-12H2,1-2H3;2H2,1H3. The van der Waals surface area contributed by atoms with Crippen LogP contribution in [0.15, 0.2) is 67.8 Å². The Bertz CT molecular complexity index is 798. The summed E-state index contributed by atoms with van der Waals surface area (Å²) in [5, 5.41) is 0. The fraction of sp³-hybridized carbons (Fsp3) is 0.515. The van der Waals surface area contributed by atoms with Crippen LogP contribution in [0.3, 0.4) is 0 Å². The lowest BCUT2D eigenvalue weighted by Crippen LogP contribution is -2.26. The number of unbranched alkanes of at least 4 members (excludes halogenated alkanes) is 3. The van der Waals surface area contributed by atoms with Gasteiger partial charge in [0.15, 0.2) is 0 Å². The van der Waals surface area contributed by atoms with Gasteiger partial charge in [0.1, 0.15) is 0 Å². The quantitative estimate of drug-likeness (QED) is 0.247. The third-order valence-corrected chi connectivity index (χ3v) is 6.63. The minimum absolute atomic E-state index is 0.779. The molecule has 1 aliphatic heterocycles. The third kappa shape index (κ3) is 13.5. The summed E-state index contributed by atoms with van der Waals surface area (Å²) in [7, 11) is 1.50. The van der Waals surface area contributed by atoms with Gasteiger partial charge in [-0.3, -0.25) is 0 Å². The number of hydrogen-bond donors (Lipinski definition) is 1. The summed E-state index contributed by atoms with van der Waals surface area (Å²) in [5.41, 5.74) is 11.3. The molecule has 1 fully saturated rings. The van der Waals surface area contributed by atoms with E-state index >= 15 is 0 Å². The van der Waals surface area contributed by atoms with Gasteiger partial charge in [-0.2, -0.15) is 0 Å². The number of allylic oxidation sites excluding steroid dienone is 2. The highest BCUT2D eigenvalue weighted by molar-refractivity contribution is 5.63. The fourth-order valence-electron chi connectivity index (χ4n) is 4.52. The van der Waals surface area contributed by atoms with Gasteiger partial charge in [0.2, 0.25) is 0 Å². The van der Waals surface area contributed by atoms with Crippen LogP contribution in [-0.2, 0) is 12.8 Å². The highest BCUT2D eigenvalue weighted by atomic mass is 15.1. The lowest BCUT2D eigenvalue weighted by atomic mass is 9.99. The Morgan fingerprint density at radius 3 is 2.11 bits per heavy atom. The van der Waals surface area contributed by atoms with E-state index in [-0.39, 0.29) is 0 Å². The van der Waals surface area contributed by atoms with Crippen molar-refractivity contribution in [2.45, 2.75) is 78.6 Å². The van der Waals surface area contributed by atoms with Gasteiger partial charge in [-0.05, 0) is 107 Å². The van der Waals surface area contributed by atoms with Gasteiger partial charge < -0.3 is 10.6 Å². The lowest BCUT2D eigenvalue weighted by molar-refractivity contribution is 0.287. The van der Waals surface area contributed by atoms with Crippen molar-refractivity contribution >= 4 is 5.57 Å². The zero-order valence-electron chi connectivity index (χ0n) is 23.2. The number of aryl methyl sites for hydroxylation is 2. The smallest absolute Gasteiger partial charge is 0.00102 e. The fourth-order valence-corrected chi connectivity index (χ4v) is 4.52. The highest BCUT2D eigenvalue weighted by Gasteiger charge is 2.14. The molecule has 2 nitrogen and oxygen atoms in total. The summed E-state index contributed by atoms with van der Waals surface area (Å²) in [5.74, 6) is 0.779. The molecule has 0 saturated carbocycles. The summed E-state index contributed by atoms with van der Waals surface area (Å²) < 4.78 is 0. The first-order chi connectivity index (χ1) is 17.0. The Labute approximate surface area is 217 Å². The van der Waals surface area contributed by atoms with E-state index in [1.807, 2.05) is 6.08 Å². The Morgan fingerprint density at radius 1 is 0.943 bits per heavy atom. The SMILES string of the molecule is C=CCCCCCC(=C)c1ccc(CC)cc1.CN.Cc1ccc(CC(C)CN2CCCC2)cc1. The Morgan fingerprint density at radius 2 is 1.54 bits per heavy atom. The maximum absolute atomic E-state index is 4.50. The summed E-state index contributed by atoms with van der Waals surface area (Å²) >= 11 is 0. The maximum atomic E-state index is 4.50. The average Bonchev–Trinajstić information content (AvgIpc) is 3.40. The van der Waals surface area contributed by atoms with Gasteiger partial charge in [-0.1, -0.05) is 87.0 Å². The van der Waals surface area contributed by atoms with Crippen LogP contribution in [0.25, 0.3) is 5.57 Å². The van der Waals surface area contributed by atoms with Crippen molar-refractivity contribution in [2.75, 3.05) is 26.7 Å². The second-order valence-electron chi connectivity index (χ2n) is 9.84. The normalized spacial score (nSPS) is 13.7. The molecule has 0 aromatic heterocycles. The largest absolute Gasteiger partial charge is 0.333 e. The first kappa shape index (κ1) is 30.9. The first-order valence-corrected chi connectivity index (χ1v) is 13.8. The van der Waals surface area contributed by atoms with Gasteiger partial charge in [-0.25, -0.2) is 0 Å². The van der Waals surface area contributed by atoms with E-state index in [4.69, 9.17) is 0 Å². The zero-order valence-corrected chi connectivity index (χ0v) is 23.2. The minimum Gasteiger partial charge on any atom is -0.333 e. The topological polar surface area (TPSA) is 29.3 Å². The van der Waals surface area contributed by atoms with Crippen molar-refractivity contribution in [3.8, 4) is 0 Å². The molecule has 35 heavy (non-hydrogen) atoms. The molecule has 1 saturated heterocycles. The van der Waals surface area contributed by atoms with E-state index in [9.17, 15) is 0 Å². The van der Waals surface area contributed by atoms with Gasteiger partial charge in [0.05, 0.1) is 0 Å². The molecule has 3 rings (SSSR count). The monoisotopic (exact) mass is 476 g/mol. The van der Waals surface area contributed by atoms with Crippen LogP contribution in [0.5, 0.6) is 0 Å². The third-order valence-electron chi connectivity index (χ3n) is 6.63. The molecule has 0 spiro atoms. The van der Waals surface area contributed by atoms with Crippen molar-refractivity contribution in [1.29, 1.82) is 0 Å². The van der Waals surface area contributed by atoms with Gasteiger partial charge >= 0.3 is 0 Å². The molecule has 2 aromatic rings. The zero-order chi connectivity index (χ0) is 25.9. The maximum Gasteiger partial charge on any atom is 0.00102 e. The Kier molecular flexibility index (Phi) is 16.8. The summed E-state index contributed by atoms with van der Waals surface area (Å²) in [6.07, 6.45) is 13.1. The van der Waals surface area contributed by atoms with E-state index in [1.54, 1.807) is 0 Å². The minimum atomic E-state index is 0.779. The number of likely N-dealkylation sites (tertiary alicyclic amines) is 1. The second kappa shape index (κ2) is 19.1. The average molecular weight is 477 g/mol. The van der Waals surface area contributed by atoms with Crippen LogP contribution in [0.2, 0.25) is 0 Å². The lowest BCUT2D eigenvalue weighted by Gasteiger charge is -2.20. The van der Waals surface area contributed by atoms with Crippen LogP contribution >= 0.6 is 0 Å². The van der Waals surface area contributed by atoms with Gasteiger partial charge in [0, 0.05) is 6.54 Å². The van der Waals surface area contributed by atoms with E-state index < -0.39 is 0 Å². The number of hydrogen-bond acceptors (Lipinski definition) is 2. The number of nitrogens with zero attached hydrogens (tertiary/aromatic N) is 1. The summed E-state index contributed by atoms with van der Waals surface area (Å²) in [4.78, 5) is 2.61. The summed E-state index contributed by atoms with van der Waals surface area (Å²) in [6, 6.07) is 17.8. The molecule has 194 valence electrons. The van der Waals surface area contributed by atoms with Crippen LogP contribution < -0.4 is 5.73 Å². The molecule has 0 radical (unpaired) electrons. The van der Waals surface area contributed by atoms with E-state index in [0.717, 1.165) is 25.2 Å². The highest BCUT2D eigenvalue weighted by Crippen LogP contribution is 2.20. The molecule has 1 unspecified atom stereocenters. The number of rotatable bonds is 12. The molecule has 0 amide bonds. The van der Waals surface area contributed by atoms with Crippen molar-refractivity contribution < 1.29 is 0 Å². The number of nitrogens with two attached hydrogens (primary N) is 1. The molecule has 1 atom stereocenters. The second-order valence-corrected chi connectivity index (χ2v) is 9.84. The molecule has 2 aromatic carbocycles. The molecule has 0 aliphatic carbocycles. The molecular formula is C33H52N2. The predicted octanol–water partition coefficient (Wildman–Crippen LogP) is 8.24.